The molecule has 0 fully saturated rings. The number of amides is 1. The number of carbonyl (C=O) groups is 1. The van der Waals surface area contributed by atoms with Crippen LogP contribution in [0.2, 0.25) is 0 Å². The Morgan fingerprint density at radius 2 is 1.81 bits per heavy atom. The van der Waals surface area contributed by atoms with Gasteiger partial charge in [0.15, 0.2) is 0 Å². The number of hydrogen-bond acceptors (Lipinski definition) is 3. The molecule has 0 saturated carbocycles. The molecule has 0 aliphatic heterocycles. The fraction of sp³-hybridized carbons (Fsp3) is 0.533. The van der Waals surface area contributed by atoms with E-state index >= 15 is 0 Å². The molecular weight excluding hydrogens is 275 g/mol. The molecule has 1 aromatic rings. The highest BCUT2D eigenvalue weighted by Crippen LogP contribution is 2.19. The molecule has 1 aromatic carbocycles. The molecule has 1 amide bonds. The summed E-state index contributed by atoms with van der Waals surface area (Å²) in [5.41, 5.74) is -0.453. The molecule has 0 saturated heterocycles. The third kappa shape index (κ3) is 4.81. The van der Waals surface area contributed by atoms with Crippen molar-refractivity contribution in [1.82, 2.24) is 4.90 Å². The second kappa shape index (κ2) is 8.34. The molecule has 0 radical (unpaired) electrons. The summed E-state index contributed by atoms with van der Waals surface area (Å²) in [5, 5.41) is 10.6. The molecule has 0 aliphatic rings. The Hall–Kier alpha value is -1.98. The Balaban J connectivity index is 2.91. The zero-order valence-corrected chi connectivity index (χ0v) is 12.5. The van der Waals surface area contributed by atoms with Gasteiger partial charge in [0.2, 0.25) is 5.82 Å². The van der Waals surface area contributed by atoms with Crippen molar-refractivity contribution in [3.05, 3.63) is 39.7 Å². The number of unbranched alkanes of at least 4 members (excludes halogenated alkanes) is 2. The van der Waals surface area contributed by atoms with E-state index in [0.717, 1.165) is 37.8 Å². The van der Waals surface area contributed by atoms with Gasteiger partial charge in [-0.15, -0.1) is 0 Å². The van der Waals surface area contributed by atoms with E-state index in [0.29, 0.717) is 13.1 Å². The van der Waals surface area contributed by atoms with Crippen LogP contribution in [0.3, 0.4) is 0 Å². The van der Waals surface area contributed by atoms with E-state index < -0.39 is 16.4 Å². The van der Waals surface area contributed by atoms with Crippen molar-refractivity contribution in [3.63, 3.8) is 0 Å². The van der Waals surface area contributed by atoms with Gasteiger partial charge in [0.25, 0.3) is 5.91 Å². The maximum atomic E-state index is 13.6. The lowest BCUT2D eigenvalue weighted by atomic mass is 10.1. The Morgan fingerprint density at radius 1 is 1.24 bits per heavy atom. The van der Waals surface area contributed by atoms with E-state index in [9.17, 15) is 19.3 Å². The maximum absolute atomic E-state index is 13.6. The third-order valence-corrected chi connectivity index (χ3v) is 3.24. The molecule has 6 heteroatoms. The fourth-order valence-electron chi connectivity index (χ4n) is 1.98. The molecular formula is C15H21FN2O3. The smallest absolute Gasteiger partial charge is 0.304 e. The van der Waals surface area contributed by atoms with Crippen LogP contribution in [0.25, 0.3) is 0 Å². The van der Waals surface area contributed by atoms with E-state index in [1.54, 1.807) is 4.90 Å². The van der Waals surface area contributed by atoms with Crippen molar-refractivity contribution < 1.29 is 14.1 Å². The third-order valence-electron chi connectivity index (χ3n) is 3.24. The lowest BCUT2D eigenvalue weighted by Gasteiger charge is -2.22. The van der Waals surface area contributed by atoms with E-state index in [4.69, 9.17) is 0 Å². The first-order valence-electron chi connectivity index (χ1n) is 7.24. The number of nitrogens with zero attached hydrogens (tertiary/aromatic N) is 2. The van der Waals surface area contributed by atoms with Crippen molar-refractivity contribution in [2.75, 3.05) is 13.1 Å². The Morgan fingerprint density at radius 3 is 2.24 bits per heavy atom. The molecule has 0 aromatic heterocycles. The zero-order chi connectivity index (χ0) is 15.8. The number of carbonyl (C=O) groups excluding carboxylic acids is 1. The summed E-state index contributed by atoms with van der Waals surface area (Å²) < 4.78 is 13.6. The van der Waals surface area contributed by atoms with Gasteiger partial charge in [-0.3, -0.25) is 14.9 Å². The van der Waals surface area contributed by atoms with Crippen LogP contribution in [0.4, 0.5) is 10.1 Å². The Kier molecular flexibility index (Phi) is 6.78. The van der Waals surface area contributed by atoms with E-state index in [1.165, 1.54) is 6.07 Å². The van der Waals surface area contributed by atoms with E-state index in [2.05, 4.69) is 0 Å². The van der Waals surface area contributed by atoms with Crippen molar-refractivity contribution in [2.45, 2.75) is 39.5 Å². The van der Waals surface area contributed by atoms with Crippen LogP contribution in [0, 0.1) is 15.9 Å². The summed E-state index contributed by atoms with van der Waals surface area (Å²) >= 11 is 0. The van der Waals surface area contributed by atoms with Gasteiger partial charge in [0.1, 0.15) is 0 Å². The average molecular weight is 296 g/mol. The Bertz CT molecular complexity index is 498. The summed E-state index contributed by atoms with van der Waals surface area (Å²) in [6, 6.07) is 3.31. The van der Waals surface area contributed by atoms with E-state index in [1.807, 2.05) is 13.8 Å². The zero-order valence-electron chi connectivity index (χ0n) is 12.5. The molecule has 0 N–H and O–H groups in total. The van der Waals surface area contributed by atoms with Gasteiger partial charge in [-0.2, -0.15) is 4.39 Å². The van der Waals surface area contributed by atoms with Crippen LogP contribution >= 0.6 is 0 Å². The Labute approximate surface area is 123 Å². The number of benzene rings is 1. The summed E-state index contributed by atoms with van der Waals surface area (Å²) in [5.74, 6) is -1.25. The molecule has 0 heterocycles. The first-order valence-corrected chi connectivity index (χ1v) is 7.24. The largest absolute Gasteiger partial charge is 0.339 e. The molecule has 21 heavy (non-hydrogen) atoms. The molecule has 0 spiro atoms. The van der Waals surface area contributed by atoms with Crippen LogP contribution in [0.1, 0.15) is 49.9 Å². The minimum absolute atomic E-state index is 0.158. The second-order valence-corrected chi connectivity index (χ2v) is 4.92. The number of halogens is 1. The van der Waals surface area contributed by atoms with Crippen molar-refractivity contribution in [2.24, 2.45) is 0 Å². The van der Waals surface area contributed by atoms with Gasteiger partial charge in [0.05, 0.1) is 4.92 Å². The predicted octanol–water partition coefficient (Wildman–Crippen LogP) is 3.78. The fourth-order valence-corrected chi connectivity index (χ4v) is 1.98. The number of rotatable bonds is 8. The second-order valence-electron chi connectivity index (χ2n) is 4.92. The molecule has 116 valence electrons. The molecule has 0 atom stereocenters. The molecule has 5 nitrogen and oxygen atoms in total. The quantitative estimate of drug-likeness (QED) is 0.541. The average Bonchev–Trinajstić information content (AvgIpc) is 2.46. The highest BCUT2D eigenvalue weighted by molar-refractivity contribution is 5.94. The molecule has 0 bridgehead atoms. The van der Waals surface area contributed by atoms with Crippen molar-refractivity contribution in [1.29, 1.82) is 0 Å². The number of nitro benzene ring substituents is 1. The maximum Gasteiger partial charge on any atom is 0.304 e. The first kappa shape index (κ1) is 17.1. The highest BCUT2D eigenvalue weighted by Gasteiger charge is 2.20. The number of hydrogen-bond donors (Lipinski definition) is 0. The number of nitro groups is 1. The predicted molar refractivity (Wildman–Crippen MR) is 78.8 cm³/mol. The van der Waals surface area contributed by atoms with Crippen LogP contribution in [0.5, 0.6) is 0 Å². The van der Waals surface area contributed by atoms with Crippen LogP contribution < -0.4 is 0 Å². The van der Waals surface area contributed by atoms with Gasteiger partial charge in [-0.05, 0) is 25.0 Å². The summed E-state index contributed by atoms with van der Waals surface area (Å²) in [4.78, 5) is 23.9. The summed E-state index contributed by atoms with van der Waals surface area (Å²) in [6.07, 6.45) is 3.69. The normalized spacial score (nSPS) is 10.4. The van der Waals surface area contributed by atoms with Gasteiger partial charge >= 0.3 is 5.69 Å². The molecule has 0 unspecified atom stereocenters. The van der Waals surface area contributed by atoms with Gasteiger partial charge in [-0.25, -0.2) is 0 Å². The minimum Gasteiger partial charge on any atom is -0.339 e. The molecule has 1 rings (SSSR count). The lowest BCUT2D eigenvalue weighted by Crippen LogP contribution is -2.33. The van der Waals surface area contributed by atoms with Crippen LogP contribution in [0.15, 0.2) is 18.2 Å². The highest BCUT2D eigenvalue weighted by atomic mass is 19.1. The lowest BCUT2D eigenvalue weighted by molar-refractivity contribution is -0.387. The monoisotopic (exact) mass is 296 g/mol. The SMILES string of the molecule is CCCCN(CCCC)C(=O)c1ccc([N+](=O)[O-])c(F)c1. The van der Waals surface area contributed by atoms with Crippen molar-refractivity contribution in [3.8, 4) is 0 Å². The van der Waals surface area contributed by atoms with Crippen LogP contribution in [-0.2, 0) is 0 Å². The van der Waals surface area contributed by atoms with Crippen molar-refractivity contribution >= 4 is 11.6 Å². The van der Waals surface area contributed by atoms with Gasteiger partial charge < -0.3 is 4.90 Å². The molecule has 0 aliphatic carbocycles. The topological polar surface area (TPSA) is 63.5 Å². The van der Waals surface area contributed by atoms with Crippen LogP contribution in [-0.4, -0.2) is 28.8 Å². The summed E-state index contributed by atoms with van der Waals surface area (Å²) in [7, 11) is 0. The first-order chi connectivity index (χ1) is 10.0. The standard InChI is InChI=1S/C15H21FN2O3/c1-3-5-9-17(10-6-4-2)15(19)12-7-8-14(18(20)21)13(16)11-12/h7-8,11H,3-6,9-10H2,1-2H3. The van der Waals surface area contributed by atoms with E-state index in [-0.39, 0.29) is 11.5 Å². The summed E-state index contributed by atoms with van der Waals surface area (Å²) in [6.45, 7) is 5.31. The van der Waals surface area contributed by atoms with Gasteiger partial charge in [-0.1, -0.05) is 26.7 Å². The van der Waals surface area contributed by atoms with Gasteiger partial charge in [0, 0.05) is 24.7 Å². The minimum atomic E-state index is -0.975.